The van der Waals surface area contributed by atoms with Crippen LogP contribution in [0.4, 0.5) is 5.95 Å². The average molecular weight is 354 g/mol. The Morgan fingerprint density at radius 1 is 1.15 bits per heavy atom. The van der Waals surface area contributed by atoms with E-state index in [1.54, 1.807) is 22.9 Å². The highest BCUT2D eigenvalue weighted by molar-refractivity contribution is 6.03. The Kier molecular flexibility index (Phi) is 4.50. The monoisotopic (exact) mass is 354 g/mol. The number of aromatic nitrogens is 4. The standard InChI is InChI=1S/C18H22N6O2/c1-5-23-15-10(3)7-12(16(19)25)9-13(15)20-18(23)21-17(26)14-8-11(4)22-24(14)6-2/h7-9H,5-6H2,1-4H3,(H2,19,25)(H,20,21,26). The number of primary amides is 1. The number of hydrogen-bond acceptors (Lipinski definition) is 4. The van der Waals surface area contributed by atoms with Crippen LogP contribution >= 0.6 is 0 Å². The number of amides is 2. The zero-order chi connectivity index (χ0) is 19.0. The molecule has 0 radical (unpaired) electrons. The molecule has 1 aromatic carbocycles. The van der Waals surface area contributed by atoms with E-state index in [0.717, 1.165) is 16.8 Å². The van der Waals surface area contributed by atoms with Crippen LogP contribution in [0.25, 0.3) is 11.0 Å². The first kappa shape index (κ1) is 17.7. The van der Waals surface area contributed by atoms with E-state index in [1.807, 2.05) is 32.3 Å². The van der Waals surface area contributed by atoms with E-state index in [0.29, 0.717) is 35.8 Å². The number of nitrogens with zero attached hydrogens (tertiary/aromatic N) is 4. The summed E-state index contributed by atoms with van der Waals surface area (Å²) in [7, 11) is 0. The second-order valence-electron chi connectivity index (χ2n) is 6.15. The molecule has 0 aliphatic heterocycles. The van der Waals surface area contributed by atoms with Gasteiger partial charge in [0.05, 0.1) is 16.7 Å². The smallest absolute Gasteiger partial charge is 0.276 e. The number of carbonyl (C=O) groups is 2. The second kappa shape index (κ2) is 6.62. The third-order valence-corrected chi connectivity index (χ3v) is 4.29. The summed E-state index contributed by atoms with van der Waals surface area (Å²) in [5, 5.41) is 7.17. The second-order valence-corrected chi connectivity index (χ2v) is 6.15. The Bertz CT molecular complexity index is 1010. The zero-order valence-electron chi connectivity index (χ0n) is 15.3. The molecule has 26 heavy (non-hydrogen) atoms. The first-order valence-corrected chi connectivity index (χ1v) is 8.52. The molecular weight excluding hydrogens is 332 g/mol. The predicted octanol–water partition coefficient (Wildman–Crippen LogP) is 2.24. The molecule has 0 saturated heterocycles. The molecule has 2 heterocycles. The van der Waals surface area contributed by atoms with Gasteiger partial charge < -0.3 is 10.3 Å². The molecule has 3 rings (SSSR count). The Labute approximate surface area is 151 Å². The summed E-state index contributed by atoms with van der Waals surface area (Å²) < 4.78 is 3.56. The minimum absolute atomic E-state index is 0.273. The Morgan fingerprint density at radius 3 is 2.50 bits per heavy atom. The fraction of sp³-hybridized carbons (Fsp3) is 0.333. The van der Waals surface area contributed by atoms with Crippen molar-refractivity contribution in [3.63, 3.8) is 0 Å². The van der Waals surface area contributed by atoms with Gasteiger partial charge in [0.25, 0.3) is 5.91 Å². The summed E-state index contributed by atoms with van der Waals surface area (Å²) >= 11 is 0. The molecule has 0 unspecified atom stereocenters. The molecule has 0 fully saturated rings. The van der Waals surface area contributed by atoms with Crippen LogP contribution in [0.2, 0.25) is 0 Å². The van der Waals surface area contributed by atoms with Crippen LogP contribution in [0, 0.1) is 13.8 Å². The van der Waals surface area contributed by atoms with Crippen molar-refractivity contribution in [2.24, 2.45) is 5.73 Å². The molecule has 2 aromatic heterocycles. The third-order valence-electron chi connectivity index (χ3n) is 4.29. The first-order valence-electron chi connectivity index (χ1n) is 8.52. The number of benzene rings is 1. The van der Waals surface area contributed by atoms with E-state index in [2.05, 4.69) is 15.4 Å². The lowest BCUT2D eigenvalue weighted by Crippen LogP contribution is -2.19. The number of nitrogens with two attached hydrogens (primary N) is 1. The summed E-state index contributed by atoms with van der Waals surface area (Å²) in [6.07, 6.45) is 0. The van der Waals surface area contributed by atoms with E-state index in [4.69, 9.17) is 5.73 Å². The lowest BCUT2D eigenvalue weighted by Gasteiger charge is -2.09. The predicted molar refractivity (Wildman–Crippen MR) is 99.3 cm³/mol. The number of anilines is 1. The Balaban J connectivity index is 2.06. The van der Waals surface area contributed by atoms with Crippen molar-refractivity contribution >= 4 is 28.8 Å². The van der Waals surface area contributed by atoms with E-state index < -0.39 is 5.91 Å². The SMILES string of the molecule is CCn1nc(C)cc1C(=O)Nc1nc2cc(C(N)=O)cc(C)c2n1CC. The summed E-state index contributed by atoms with van der Waals surface area (Å²) in [4.78, 5) is 28.7. The highest BCUT2D eigenvalue weighted by Gasteiger charge is 2.19. The van der Waals surface area contributed by atoms with Crippen LogP contribution in [-0.2, 0) is 13.1 Å². The minimum atomic E-state index is -0.506. The Hall–Kier alpha value is -3.16. The summed E-state index contributed by atoms with van der Waals surface area (Å²) in [5.41, 5.74) is 9.41. The minimum Gasteiger partial charge on any atom is -0.366 e. The lowest BCUT2D eigenvalue weighted by molar-refractivity contribution is 0.0996. The topological polar surface area (TPSA) is 108 Å². The molecular formula is C18H22N6O2. The van der Waals surface area contributed by atoms with Gasteiger partial charge in [0, 0.05) is 18.7 Å². The van der Waals surface area contributed by atoms with E-state index in [9.17, 15) is 9.59 Å². The number of fused-ring (bicyclic) bond motifs is 1. The highest BCUT2D eigenvalue weighted by Crippen LogP contribution is 2.25. The summed E-state index contributed by atoms with van der Waals surface area (Å²) in [6, 6.07) is 5.13. The van der Waals surface area contributed by atoms with Crippen molar-refractivity contribution in [1.29, 1.82) is 0 Å². The van der Waals surface area contributed by atoms with E-state index in [1.165, 1.54) is 0 Å². The number of rotatable bonds is 5. The number of hydrogen-bond donors (Lipinski definition) is 2. The van der Waals surface area contributed by atoms with Crippen molar-refractivity contribution < 1.29 is 9.59 Å². The molecule has 0 bridgehead atoms. The van der Waals surface area contributed by atoms with Gasteiger partial charge in [-0.05, 0) is 51.5 Å². The van der Waals surface area contributed by atoms with Crippen LogP contribution in [0.1, 0.15) is 46.0 Å². The number of nitrogens with one attached hydrogen (secondary N) is 1. The molecule has 8 heteroatoms. The maximum absolute atomic E-state index is 12.7. The molecule has 2 amide bonds. The number of aryl methyl sites for hydroxylation is 4. The molecule has 0 aliphatic rings. The summed E-state index contributed by atoms with van der Waals surface area (Å²) in [6.45, 7) is 8.86. The van der Waals surface area contributed by atoms with Gasteiger partial charge in [0.1, 0.15) is 5.69 Å². The maximum atomic E-state index is 12.7. The van der Waals surface area contributed by atoms with Crippen LogP contribution in [-0.4, -0.2) is 31.1 Å². The van der Waals surface area contributed by atoms with Crippen molar-refractivity contribution in [1.82, 2.24) is 19.3 Å². The Morgan fingerprint density at radius 2 is 1.88 bits per heavy atom. The van der Waals surface area contributed by atoms with Crippen molar-refractivity contribution in [3.05, 3.63) is 40.7 Å². The largest absolute Gasteiger partial charge is 0.366 e. The van der Waals surface area contributed by atoms with Crippen LogP contribution in [0.5, 0.6) is 0 Å². The number of imidazole rings is 1. The molecule has 3 N–H and O–H groups in total. The fourth-order valence-electron chi connectivity index (χ4n) is 3.16. The third kappa shape index (κ3) is 2.94. The fourth-order valence-corrected chi connectivity index (χ4v) is 3.16. The highest BCUT2D eigenvalue weighted by atomic mass is 16.2. The van der Waals surface area contributed by atoms with Gasteiger partial charge in [-0.15, -0.1) is 0 Å². The van der Waals surface area contributed by atoms with Crippen LogP contribution < -0.4 is 11.1 Å². The van der Waals surface area contributed by atoms with Gasteiger partial charge in [0.2, 0.25) is 11.9 Å². The van der Waals surface area contributed by atoms with Gasteiger partial charge in [-0.3, -0.25) is 19.6 Å². The molecule has 0 atom stereocenters. The molecule has 8 nitrogen and oxygen atoms in total. The zero-order valence-corrected chi connectivity index (χ0v) is 15.3. The normalized spacial score (nSPS) is 11.1. The van der Waals surface area contributed by atoms with Gasteiger partial charge in [-0.1, -0.05) is 0 Å². The van der Waals surface area contributed by atoms with Gasteiger partial charge >= 0.3 is 0 Å². The summed E-state index contributed by atoms with van der Waals surface area (Å²) in [5.74, 6) is -0.349. The lowest BCUT2D eigenvalue weighted by atomic mass is 10.1. The van der Waals surface area contributed by atoms with Gasteiger partial charge in [-0.25, -0.2) is 4.98 Å². The average Bonchev–Trinajstić information content (AvgIpc) is 3.14. The van der Waals surface area contributed by atoms with Crippen molar-refractivity contribution in [2.45, 2.75) is 40.8 Å². The number of carbonyl (C=O) groups excluding carboxylic acids is 2. The van der Waals surface area contributed by atoms with Gasteiger partial charge in [0.15, 0.2) is 0 Å². The van der Waals surface area contributed by atoms with Crippen LogP contribution in [0.15, 0.2) is 18.2 Å². The first-order chi connectivity index (χ1) is 12.3. The van der Waals surface area contributed by atoms with Crippen molar-refractivity contribution in [3.8, 4) is 0 Å². The molecule has 0 aliphatic carbocycles. The van der Waals surface area contributed by atoms with E-state index in [-0.39, 0.29) is 5.91 Å². The van der Waals surface area contributed by atoms with E-state index >= 15 is 0 Å². The molecule has 0 saturated carbocycles. The molecule has 136 valence electrons. The molecule has 3 aromatic rings. The van der Waals surface area contributed by atoms with Crippen molar-refractivity contribution in [2.75, 3.05) is 5.32 Å². The van der Waals surface area contributed by atoms with Crippen LogP contribution in [0.3, 0.4) is 0 Å². The molecule has 0 spiro atoms. The maximum Gasteiger partial charge on any atom is 0.276 e. The van der Waals surface area contributed by atoms with Gasteiger partial charge in [-0.2, -0.15) is 5.10 Å². The quantitative estimate of drug-likeness (QED) is 0.732.